The topological polar surface area (TPSA) is 67.1 Å². The van der Waals surface area contributed by atoms with Gasteiger partial charge in [-0.05, 0) is 31.5 Å². The summed E-state index contributed by atoms with van der Waals surface area (Å²) in [5.41, 5.74) is 0.275. The maximum Gasteiger partial charge on any atom is 0.354 e. The standard InChI is InChI=1S/C9H13N3O2/c13-9(14)8-2-4-11-12(8)6-7-1-3-10-5-7/h2,4,7,10H,1,3,5-6H2,(H,13,14). The summed E-state index contributed by atoms with van der Waals surface area (Å²) >= 11 is 0. The molecule has 0 bridgehead atoms. The van der Waals surface area contributed by atoms with Gasteiger partial charge in [0.2, 0.25) is 0 Å². The van der Waals surface area contributed by atoms with Gasteiger partial charge in [0.15, 0.2) is 0 Å². The summed E-state index contributed by atoms with van der Waals surface area (Å²) < 4.78 is 1.57. The molecule has 1 atom stereocenters. The molecule has 2 N–H and O–H groups in total. The third-order valence-electron chi connectivity index (χ3n) is 2.53. The summed E-state index contributed by atoms with van der Waals surface area (Å²) in [4.78, 5) is 10.8. The first kappa shape index (κ1) is 9.21. The van der Waals surface area contributed by atoms with E-state index in [9.17, 15) is 4.79 Å². The molecular formula is C9H13N3O2. The van der Waals surface area contributed by atoms with E-state index >= 15 is 0 Å². The summed E-state index contributed by atoms with van der Waals surface area (Å²) in [5, 5.41) is 16.1. The number of carboxylic acid groups (broad SMARTS) is 1. The summed E-state index contributed by atoms with van der Waals surface area (Å²) in [6.07, 6.45) is 2.63. The molecule has 76 valence electrons. The molecule has 0 aliphatic carbocycles. The molecule has 5 nitrogen and oxygen atoms in total. The van der Waals surface area contributed by atoms with E-state index in [1.807, 2.05) is 0 Å². The Morgan fingerprint density at radius 1 is 1.79 bits per heavy atom. The highest BCUT2D eigenvalue weighted by Crippen LogP contribution is 2.11. The van der Waals surface area contributed by atoms with Crippen LogP contribution in [-0.4, -0.2) is 33.9 Å². The van der Waals surface area contributed by atoms with E-state index in [2.05, 4.69) is 10.4 Å². The van der Waals surface area contributed by atoms with Crippen LogP contribution < -0.4 is 5.32 Å². The molecule has 0 saturated carbocycles. The van der Waals surface area contributed by atoms with Crippen molar-refractivity contribution in [2.75, 3.05) is 13.1 Å². The van der Waals surface area contributed by atoms with Gasteiger partial charge in [0.05, 0.1) is 0 Å². The Hall–Kier alpha value is -1.36. The third kappa shape index (κ3) is 1.77. The first-order valence-corrected chi connectivity index (χ1v) is 4.73. The van der Waals surface area contributed by atoms with Crippen molar-refractivity contribution >= 4 is 5.97 Å². The Labute approximate surface area is 81.7 Å². The average Bonchev–Trinajstić information content (AvgIpc) is 2.75. The third-order valence-corrected chi connectivity index (χ3v) is 2.53. The van der Waals surface area contributed by atoms with Crippen LogP contribution in [0.3, 0.4) is 0 Å². The van der Waals surface area contributed by atoms with E-state index in [0.717, 1.165) is 19.5 Å². The molecule has 2 rings (SSSR count). The highest BCUT2D eigenvalue weighted by molar-refractivity contribution is 5.85. The van der Waals surface area contributed by atoms with Crippen molar-refractivity contribution in [3.8, 4) is 0 Å². The van der Waals surface area contributed by atoms with Crippen LogP contribution in [0.4, 0.5) is 0 Å². The Bertz CT molecular complexity index is 329. The molecule has 1 unspecified atom stereocenters. The van der Waals surface area contributed by atoms with Gasteiger partial charge in [0.25, 0.3) is 0 Å². The van der Waals surface area contributed by atoms with Crippen LogP contribution in [0.15, 0.2) is 12.3 Å². The van der Waals surface area contributed by atoms with Gasteiger partial charge in [-0.3, -0.25) is 4.68 Å². The normalized spacial score (nSPS) is 21.3. The number of aromatic nitrogens is 2. The molecule has 1 aromatic rings. The predicted molar refractivity (Wildman–Crippen MR) is 50.2 cm³/mol. The van der Waals surface area contributed by atoms with E-state index in [1.54, 1.807) is 4.68 Å². The van der Waals surface area contributed by atoms with Crippen molar-refractivity contribution in [3.63, 3.8) is 0 Å². The smallest absolute Gasteiger partial charge is 0.354 e. The van der Waals surface area contributed by atoms with Crippen LogP contribution in [0.5, 0.6) is 0 Å². The van der Waals surface area contributed by atoms with Crippen LogP contribution in [0, 0.1) is 5.92 Å². The first-order chi connectivity index (χ1) is 6.77. The van der Waals surface area contributed by atoms with Gasteiger partial charge in [0.1, 0.15) is 5.69 Å². The molecule has 1 aliphatic heterocycles. The molecule has 1 aliphatic rings. The summed E-state index contributed by atoms with van der Waals surface area (Å²) in [6, 6.07) is 1.53. The highest BCUT2D eigenvalue weighted by atomic mass is 16.4. The maximum absolute atomic E-state index is 10.8. The quantitative estimate of drug-likeness (QED) is 0.722. The van der Waals surface area contributed by atoms with Crippen molar-refractivity contribution in [3.05, 3.63) is 18.0 Å². The van der Waals surface area contributed by atoms with Gasteiger partial charge >= 0.3 is 5.97 Å². The number of carboxylic acids is 1. The van der Waals surface area contributed by atoms with Crippen LogP contribution in [-0.2, 0) is 6.54 Å². The van der Waals surface area contributed by atoms with Gasteiger partial charge < -0.3 is 10.4 Å². The minimum atomic E-state index is -0.909. The zero-order valence-electron chi connectivity index (χ0n) is 7.81. The van der Waals surface area contributed by atoms with Gasteiger partial charge in [-0.2, -0.15) is 5.10 Å². The van der Waals surface area contributed by atoms with E-state index in [1.165, 1.54) is 12.3 Å². The molecule has 0 aromatic carbocycles. The number of nitrogens with one attached hydrogen (secondary N) is 1. The summed E-state index contributed by atoms with van der Waals surface area (Å²) in [7, 11) is 0. The fourth-order valence-electron chi connectivity index (χ4n) is 1.77. The zero-order valence-corrected chi connectivity index (χ0v) is 7.81. The van der Waals surface area contributed by atoms with Crippen molar-refractivity contribution in [2.24, 2.45) is 5.92 Å². The van der Waals surface area contributed by atoms with Crippen molar-refractivity contribution in [2.45, 2.75) is 13.0 Å². The van der Waals surface area contributed by atoms with Gasteiger partial charge in [0, 0.05) is 12.7 Å². The Kier molecular flexibility index (Phi) is 2.49. The lowest BCUT2D eigenvalue weighted by molar-refractivity contribution is 0.0682. The van der Waals surface area contributed by atoms with Gasteiger partial charge in [-0.15, -0.1) is 0 Å². The second-order valence-electron chi connectivity index (χ2n) is 3.56. The highest BCUT2D eigenvalue weighted by Gasteiger charge is 2.18. The minimum Gasteiger partial charge on any atom is -0.477 e. The van der Waals surface area contributed by atoms with Crippen molar-refractivity contribution < 1.29 is 9.90 Å². The van der Waals surface area contributed by atoms with E-state index < -0.39 is 5.97 Å². The molecular weight excluding hydrogens is 182 g/mol. The first-order valence-electron chi connectivity index (χ1n) is 4.73. The minimum absolute atomic E-state index is 0.275. The summed E-state index contributed by atoms with van der Waals surface area (Å²) in [6.45, 7) is 2.68. The second kappa shape index (κ2) is 3.79. The fraction of sp³-hybridized carbons (Fsp3) is 0.556. The number of hydrogen-bond donors (Lipinski definition) is 2. The number of carbonyl (C=O) groups is 1. The Balaban J connectivity index is 2.07. The lowest BCUT2D eigenvalue weighted by Crippen LogP contribution is -2.18. The molecule has 0 radical (unpaired) electrons. The second-order valence-corrected chi connectivity index (χ2v) is 3.56. The van der Waals surface area contributed by atoms with Crippen LogP contribution in [0.1, 0.15) is 16.9 Å². The Morgan fingerprint density at radius 3 is 3.29 bits per heavy atom. The molecule has 1 aromatic heterocycles. The number of hydrogen-bond acceptors (Lipinski definition) is 3. The summed E-state index contributed by atoms with van der Waals surface area (Å²) in [5.74, 6) is -0.401. The van der Waals surface area contributed by atoms with E-state index in [0.29, 0.717) is 12.5 Å². The van der Waals surface area contributed by atoms with Crippen molar-refractivity contribution in [1.82, 2.24) is 15.1 Å². The molecule has 5 heteroatoms. The molecule has 1 fully saturated rings. The lowest BCUT2D eigenvalue weighted by atomic mass is 10.1. The number of nitrogens with zero attached hydrogens (tertiary/aromatic N) is 2. The SMILES string of the molecule is O=C(O)c1ccnn1CC1CCNC1. The average molecular weight is 195 g/mol. The lowest BCUT2D eigenvalue weighted by Gasteiger charge is -2.09. The van der Waals surface area contributed by atoms with Crippen molar-refractivity contribution in [1.29, 1.82) is 0 Å². The predicted octanol–water partition coefficient (Wildman–Crippen LogP) is 0.191. The largest absolute Gasteiger partial charge is 0.477 e. The maximum atomic E-state index is 10.8. The molecule has 14 heavy (non-hydrogen) atoms. The molecule has 0 spiro atoms. The Morgan fingerprint density at radius 2 is 2.64 bits per heavy atom. The molecule has 0 amide bonds. The number of aromatic carboxylic acids is 1. The van der Waals surface area contributed by atoms with Gasteiger partial charge in [-0.25, -0.2) is 4.79 Å². The van der Waals surface area contributed by atoms with Crippen LogP contribution in [0.25, 0.3) is 0 Å². The van der Waals surface area contributed by atoms with E-state index in [-0.39, 0.29) is 5.69 Å². The number of rotatable bonds is 3. The molecule has 2 heterocycles. The monoisotopic (exact) mass is 195 g/mol. The van der Waals surface area contributed by atoms with E-state index in [4.69, 9.17) is 5.11 Å². The fourth-order valence-corrected chi connectivity index (χ4v) is 1.77. The zero-order chi connectivity index (χ0) is 9.97. The van der Waals surface area contributed by atoms with Crippen LogP contribution in [0.2, 0.25) is 0 Å². The molecule has 1 saturated heterocycles. The van der Waals surface area contributed by atoms with Crippen LogP contribution >= 0.6 is 0 Å². The van der Waals surface area contributed by atoms with Gasteiger partial charge in [-0.1, -0.05) is 0 Å².